The summed E-state index contributed by atoms with van der Waals surface area (Å²) in [5.74, 6) is 1.29. The van der Waals surface area contributed by atoms with Gasteiger partial charge in [-0.15, -0.1) is 0 Å². The number of nitrogens with zero attached hydrogens (tertiary/aromatic N) is 6. The molecule has 3 aromatic carbocycles. The molecule has 18 heteroatoms. The highest BCUT2D eigenvalue weighted by atomic mass is 35.5. The molecular formula is C79H93Cl3N6O9. The van der Waals surface area contributed by atoms with Gasteiger partial charge in [-0.3, -0.25) is 15.0 Å². The third-order valence-electron chi connectivity index (χ3n) is 18.6. The molecule has 3 aliphatic carbocycles. The van der Waals surface area contributed by atoms with Crippen molar-refractivity contribution in [3.05, 3.63) is 204 Å². The fraction of sp³-hybridized carbons (Fsp3) is 0.443. The van der Waals surface area contributed by atoms with E-state index >= 15 is 0 Å². The molecule has 3 saturated heterocycles. The molecule has 0 saturated carbocycles. The normalized spacial score (nSPS) is 18.9. The van der Waals surface area contributed by atoms with Gasteiger partial charge in [0.1, 0.15) is 16.8 Å². The van der Waals surface area contributed by atoms with Crippen molar-refractivity contribution >= 4 is 88.0 Å². The maximum Gasteiger partial charge on any atom is 0.410 e. The Bertz CT molecular complexity index is 3920. The molecule has 15 nitrogen and oxygen atoms in total. The molecule has 6 heterocycles. The standard InChI is InChI=1S/C28H33ClN2O3.C26H31ClN2O3.C25H29ClN2O3/c1-5-33-16-12-20-17-21-18-22(29)8-9-23(21)25(26-24(20)7-6-13-30-26)19-10-14-31(15-11-19)27(32)34-28(2,3)4;1-26(2,3)32-25(31)29-12-8-17(9-13-29)23-21-7-6-20(27)16-19(21)15-18(10-14-30)22-5-4-11-28-24(22)23;1-25(2,3)31-24(30)28-11-8-16(9-12-28)22-20-7-6-19(26)14-17(20)13-18(15-29)21-5-4-10-27-23(21)22/h6-9,12-13,16-19,25H,5,10-11,14-15H2,1-4H3;4-7,11,15-17,23,30H,8-10,12-14H2,1-3H3;4-7,10,13-14,16,22,29H,8-9,11-12,15H2,1-3H3/b16-12+;;. The number of aromatic nitrogens is 3. The first-order chi connectivity index (χ1) is 46.3. The molecule has 3 atom stereocenters. The number of aliphatic hydroxyl groups is 2. The van der Waals surface area contributed by atoms with E-state index < -0.39 is 16.8 Å². The van der Waals surface area contributed by atoms with Crippen molar-refractivity contribution < 1.29 is 43.5 Å². The molecule has 3 aromatic heterocycles. The number of carbonyl (C=O) groups is 3. The van der Waals surface area contributed by atoms with E-state index in [1.807, 2.05) is 170 Å². The topological polar surface area (TPSA) is 177 Å². The Morgan fingerprint density at radius 3 is 1.19 bits per heavy atom. The summed E-state index contributed by atoms with van der Waals surface area (Å²) < 4.78 is 22.2. The molecule has 97 heavy (non-hydrogen) atoms. The molecule has 0 radical (unpaired) electrons. The van der Waals surface area contributed by atoms with Crippen molar-refractivity contribution in [1.29, 1.82) is 0 Å². The van der Waals surface area contributed by atoms with Crippen molar-refractivity contribution in [1.82, 2.24) is 29.7 Å². The summed E-state index contributed by atoms with van der Waals surface area (Å²) in [6.45, 7) is 23.6. The molecule has 6 aromatic rings. The van der Waals surface area contributed by atoms with Gasteiger partial charge in [-0.25, -0.2) is 14.4 Å². The summed E-state index contributed by atoms with van der Waals surface area (Å²) in [6, 6.07) is 30.2. The van der Waals surface area contributed by atoms with E-state index in [0.717, 1.165) is 106 Å². The quantitative estimate of drug-likeness (QED) is 0.104. The van der Waals surface area contributed by atoms with Crippen LogP contribution in [-0.4, -0.2) is 134 Å². The van der Waals surface area contributed by atoms with Crippen molar-refractivity contribution in [2.24, 2.45) is 17.8 Å². The van der Waals surface area contributed by atoms with Gasteiger partial charge in [-0.05, 0) is 260 Å². The van der Waals surface area contributed by atoms with Crippen LogP contribution in [0.3, 0.4) is 0 Å². The second kappa shape index (κ2) is 31.6. The molecule has 3 unspecified atom stereocenters. The summed E-state index contributed by atoms with van der Waals surface area (Å²) >= 11 is 19.1. The number of hydrogen-bond donors (Lipinski definition) is 2. The Morgan fingerprint density at radius 2 is 0.835 bits per heavy atom. The highest BCUT2D eigenvalue weighted by Gasteiger charge is 2.40. The number of carbonyl (C=O) groups excluding carboxylic acids is 3. The summed E-state index contributed by atoms with van der Waals surface area (Å²) in [6.07, 6.45) is 20.7. The van der Waals surface area contributed by atoms with Crippen molar-refractivity contribution in [3.8, 4) is 0 Å². The lowest BCUT2D eigenvalue weighted by molar-refractivity contribution is 0.0167. The van der Waals surface area contributed by atoms with Crippen LogP contribution in [0, 0.1) is 17.8 Å². The molecule has 3 aliphatic heterocycles. The van der Waals surface area contributed by atoms with Gasteiger partial charge in [0, 0.05) is 108 Å². The Morgan fingerprint density at radius 1 is 0.495 bits per heavy atom. The zero-order chi connectivity index (χ0) is 69.3. The largest absolute Gasteiger partial charge is 0.501 e. The number of hydrogen-bond acceptors (Lipinski definition) is 12. The van der Waals surface area contributed by atoms with Gasteiger partial charge in [0.2, 0.25) is 0 Å². The molecule has 0 bridgehead atoms. The van der Waals surface area contributed by atoms with Crippen molar-refractivity contribution in [2.45, 2.75) is 149 Å². The van der Waals surface area contributed by atoms with E-state index in [-0.39, 0.29) is 49.2 Å². The third kappa shape index (κ3) is 18.0. The highest BCUT2D eigenvalue weighted by molar-refractivity contribution is 6.31. The number of allylic oxidation sites excluding steroid dienone is 2. The predicted octanol–water partition coefficient (Wildman–Crippen LogP) is 18.0. The lowest BCUT2D eigenvalue weighted by Crippen LogP contribution is -2.42. The molecule has 514 valence electrons. The van der Waals surface area contributed by atoms with Crippen molar-refractivity contribution in [3.63, 3.8) is 0 Å². The van der Waals surface area contributed by atoms with Crippen LogP contribution in [0.4, 0.5) is 14.4 Å². The summed E-state index contributed by atoms with van der Waals surface area (Å²) in [5, 5.41) is 21.8. The second-order valence-corrected chi connectivity index (χ2v) is 30.1. The van der Waals surface area contributed by atoms with Gasteiger partial charge in [0.25, 0.3) is 0 Å². The zero-order valence-corrected chi connectivity index (χ0v) is 59.9. The van der Waals surface area contributed by atoms with Gasteiger partial charge < -0.3 is 43.9 Å². The van der Waals surface area contributed by atoms with Gasteiger partial charge in [0.05, 0.1) is 36.6 Å². The third-order valence-corrected chi connectivity index (χ3v) is 19.3. The molecule has 12 rings (SSSR count). The van der Waals surface area contributed by atoms with E-state index in [1.54, 1.807) is 11.2 Å². The maximum atomic E-state index is 12.6. The lowest BCUT2D eigenvalue weighted by Gasteiger charge is -2.37. The van der Waals surface area contributed by atoms with Crippen LogP contribution in [0.1, 0.15) is 199 Å². The first kappa shape index (κ1) is 72.2. The zero-order valence-electron chi connectivity index (χ0n) is 57.6. The summed E-state index contributed by atoms with van der Waals surface area (Å²) in [4.78, 5) is 57.6. The number of rotatable bonds is 9. The van der Waals surface area contributed by atoms with Gasteiger partial charge in [0.15, 0.2) is 0 Å². The molecule has 0 spiro atoms. The first-order valence-electron chi connectivity index (χ1n) is 34.1. The van der Waals surface area contributed by atoms with Crippen LogP contribution in [0.25, 0.3) is 34.9 Å². The van der Waals surface area contributed by atoms with E-state index in [0.29, 0.717) is 85.1 Å². The Kier molecular flexibility index (Phi) is 23.5. The number of piperidine rings is 3. The van der Waals surface area contributed by atoms with Gasteiger partial charge in [-0.2, -0.15) is 0 Å². The monoisotopic (exact) mass is 1370 g/mol. The highest BCUT2D eigenvalue weighted by Crippen LogP contribution is 2.49. The Balaban J connectivity index is 0.000000158. The molecule has 6 aliphatic rings. The average molecular weight is 1380 g/mol. The van der Waals surface area contributed by atoms with E-state index in [4.69, 9.17) is 68.7 Å². The van der Waals surface area contributed by atoms with Crippen LogP contribution < -0.4 is 0 Å². The molecule has 3 amide bonds. The van der Waals surface area contributed by atoms with Crippen LogP contribution in [-0.2, 0) is 18.9 Å². The number of pyridine rings is 3. The average Bonchev–Trinajstić information content (AvgIpc) is 1.69. The fourth-order valence-corrected chi connectivity index (χ4v) is 14.9. The SMILES string of the molecule is CC(C)(C)OC(=O)N1CCC(C2c3ccc(Cl)cc3C=C(CCO)c3cccnc32)CC1.CC(C)(C)OC(=O)N1CCC(C2c3ccc(Cl)cc3C=C(CO)c3cccnc32)CC1.CCO/C=C/C1=Cc2cc(Cl)ccc2C(C2CCN(C(=O)OC(C)(C)C)CC2)c2ncccc21. The number of amides is 3. The van der Waals surface area contributed by atoms with Crippen LogP contribution in [0.2, 0.25) is 15.1 Å². The van der Waals surface area contributed by atoms with Crippen LogP contribution in [0.5, 0.6) is 0 Å². The smallest absolute Gasteiger partial charge is 0.410 e. The minimum atomic E-state index is -0.497. The lowest BCUT2D eigenvalue weighted by atomic mass is 9.76. The molecular weight excluding hydrogens is 1280 g/mol. The summed E-state index contributed by atoms with van der Waals surface area (Å²) in [7, 11) is 0. The fourth-order valence-electron chi connectivity index (χ4n) is 14.3. The van der Waals surface area contributed by atoms with E-state index in [1.165, 1.54) is 16.7 Å². The predicted molar refractivity (Wildman–Crippen MR) is 387 cm³/mol. The van der Waals surface area contributed by atoms with Crippen LogP contribution >= 0.6 is 34.8 Å². The van der Waals surface area contributed by atoms with Gasteiger partial charge in [-0.1, -0.05) is 77.3 Å². The Hall–Kier alpha value is -7.53. The number of aliphatic hydroxyl groups excluding tert-OH is 2. The number of halogens is 3. The van der Waals surface area contributed by atoms with Gasteiger partial charge >= 0.3 is 18.3 Å². The Labute approximate surface area is 587 Å². The van der Waals surface area contributed by atoms with E-state index in [2.05, 4.69) is 42.5 Å². The minimum absolute atomic E-state index is 0.0611. The first-order valence-corrected chi connectivity index (χ1v) is 35.2. The minimum Gasteiger partial charge on any atom is -0.501 e. The second-order valence-electron chi connectivity index (χ2n) is 28.8. The van der Waals surface area contributed by atoms with Crippen LogP contribution in [0.15, 0.2) is 122 Å². The number of benzene rings is 3. The maximum absolute atomic E-state index is 12.6. The summed E-state index contributed by atoms with van der Waals surface area (Å²) in [5.41, 5.74) is 14.6. The molecule has 2 N–H and O–H groups in total. The van der Waals surface area contributed by atoms with E-state index in [9.17, 15) is 24.6 Å². The molecule has 3 fully saturated rings. The number of fused-ring (bicyclic) bond motifs is 6. The number of ether oxygens (including phenoxy) is 4. The van der Waals surface area contributed by atoms with Crippen molar-refractivity contribution in [2.75, 3.05) is 59.1 Å². The number of likely N-dealkylation sites (tertiary alicyclic amines) is 3.